The fourth-order valence-corrected chi connectivity index (χ4v) is 4.00. The number of hydrogen-bond donors (Lipinski definition) is 1. The molecule has 3 aromatic rings. The maximum absolute atomic E-state index is 12.9. The lowest BCUT2D eigenvalue weighted by Crippen LogP contribution is -2.47. The van der Waals surface area contributed by atoms with Gasteiger partial charge in [0.25, 0.3) is 0 Å². The highest BCUT2D eigenvalue weighted by molar-refractivity contribution is 5.83. The zero-order valence-electron chi connectivity index (χ0n) is 22.3. The summed E-state index contributed by atoms with van der Waals surface area (Å²) < 4.78 is 21.0. The lowest BCUT2D eigenvalue weighted by molar-refractivity contribution is -0.139. The van der Waals surface area contributed by atoms with Gasteiger partial charge in [-0.3, -0.25) is 4.90 Å². The molecule has 0 spiro atoms. The highest BCUT2D eigenvalue weighted by Crippen LogP contribution is 2.19. The first-order valence-corrected chi connectivity index (χ1v) is 13.1. The zero-order valence-corrected chi connectivity index (χ0v) is 22.3. The Morgan fingerprint density at radius 3 is 1.85 bits per heavy atom. The summed E-state index contributed by atoms with van der Waals surface area (Å²) in [5.74, 6) is -0.574. The van der Waals surface area contributed by atoms with Gasteiger partial charge in [-0.1, -0.05) is 91.0 Å². The van der Waals surface area contributed by atoms with E-state index < -0.39 is 30.3 Å². The number of ether oxygens (including phenoxy) is 4. The number of hydrazine groups is 1. The van der Waals surface area contributed by atoms with Gasteiger partial charge < -0.3 is 18.9 Å². The van der Waals surface area contributed by atoms with Gasteiger partial charge in [0.2, 0.25) is 0 Å². The van der Waals surface area contributed by atoms with Crippen molar-refractivity contribution in [3.05, 3.63) is 108 Å². The number of carbonyl (C=O) groups excluding carboxylic acids is 4. The second-order valence-electron chi connectivity index (χ2n) is 9.13. The third-order valence-corrected chi connectivity index (χ3v) is 6.16. The van der Waals surface area contributed by atoms with Crippen LogP contribution in [0.25, 0.3) is 0 Å². The first-order valence-electron chi connectivity index (χ1n) is 13.1. The van der Waals surface area contributed by atoms with Crippen LogP contribution in [0.4, 0.5) is 14.4 Å². The molecule has 0 saturated carbocycles. The minimum atomic E-state index is -0.898. The van der Waals surface area contributed by atoms with Crippen LogP contribution in [0.2, 0.25) is 0 Å². The van der Waals surface area contributed by atoms with Gasteiger partial charge in [0.1, 0.15) is 25.9 Å². The Kier molecular flexibility index (Phi) is 10.5. The van der Waals surface area contributed by atoms with Crippen molar-refractivity contribution in [3.63, 3.8) is 0 Å². The van der Waals surface area contributed by atoms with E-state index >= 15 is 0 Å². The highest BCUT2D eigenvalue weighted by atomic mass is 16.6. The summed E-state index contributed by atoms with van der Waals surface area (Å²) in [5, 5.41) is 0.981. The summed E-state index contributed by atoms with van der Waals surface area (Å²) in [5.41, 5.74) is 4.76. The molecule has 0 unspecified atom stereocenters. The van der Waals surface area contributed by atoms with Crippen molar-refractivity contribution in [2.45, 2.75) is 38.7 Å². The van der Waals surface area contributed by atoms with Crippen molar-refractivity contribution < 1.29 is 38.1 Å². The molecule has 1 N–H and O–H groups in total. The molecule has 3 amide bonds. The molecular weight excluding hydrogens is 530 g/mol. The number of benzene rings is 3. The molecule has 11 nitrogen and oxygen atoms in total. The van der Waals surface area contributed by atoms with E-state index in [1.54, 1.807) is 24.3 Å². The van der Waals surface area contributed by atoms with Gasteiger partial charge in [0.05, 0.1) is 0 Å². The lowest BCUT2D eigenvalue weighted by Gasteiger charge is -2.24. The predicted octanol–water partition coefficient (Wildman–Crippen LogP) is 4.77. The Balaban J connectivity index is 1.32. The smallest absolute Gasteiger partial charge is 0.429 e. The number of amides is 3. The quantitative estimate of drug-likeness (QED) is 0.213. The van der Waals surface area contributed by atoms with Gasteiger partial charge in [-0.2, -0.15) is 0 Å². The van der Waals surface area contributed by atoms with Gasteiger partial charge in [0, 0.05) is 6.54 Å². The van der Waals surface area contributed by atoms with E-state index in [0.29, 0.717) is 0 Å². The summed E-state index contributed by atoms with van der Waals surface area (Å²) in [6.07, 6.45) is -1.97. The molecule has 1 saturated heterocycles. The molecule has 1 aliphatic heterocycles. The van der Waals surface area contributed by atoms with E-state index in [2.05, 4.69) is 5.43 Å². The largest absolute Gasteiger partial charge is 0.444 e. The highest BCUT2D eigenvalue weighted by Gasteiger charge is 2.38. The van der Waals surface area contributed by atoms with Crippen LogP contribution in [0.15, 0.2) is 91.0 Å². The van der Waals surface area contributed by atoms with E-state index in [4.69, 9.17) is 18.9 Å². The van der Waals surface area contributed by atoms with Crippen molar-refractivity contribution >= 4 is 24.2 Å². The van der Waals surface area contributed by atoms with Crippen molar-refractivity contribution in [2.75, 3.05) is 13.3 Å². The normalized spacial score (nSPS) is 14.1. The number of cyclic esters (lactones) is 1. The molecule has 11 heteroatoms. The number of rotatable bonds is 10. The number of nitrogens with zero attached hydrogens (tertiary/aromatic N) is 2. The molecule has 0 aliphatic carbocycles. The van der Waals surface area contributed by atoms with Crippen LogP contribution in [0, 0.1) is 0 Å². The summed E-state index contributed by atoms with van der Waals surface area (Å²) in [6, 6.07) is 26.4. The summed E-state index contributed by atoms with van der Waals surface area (Å²) in [7, 11) is 0. The number of hydrogen-bond acceptors (Lipinski definition) is 8. The van der Waals surface area contributed by atoms with Crippen molar-refractivity contribution in [2.24, 2.45) is 0 Å². The third-order valence-electron chi connectivity index (χ3n) is 6.16. The van der Waals surface area contributed by atoms with Crippen molar-refractivity contribution in [1.82, 2.24) is 15.3 Å². The summed E-state index contributed by atoms with van der Waals surface area (Å²) >= 11 is 0. The summed E-state index contributed by atoms with van der Waals surface area (Å²) in [6.45, 7) is -0.206. The summed E-state index contributed by atoms with van der Waals surface area (Å²) in [4.78, 5) is 51.6. The standard InChI is InChI=1S/C30H31N3O8/c34-27-26(32(22-41-27)29(36)39-20-24-13-6-2-7-14-24)17-10-18-33(30(37)40-21-25-15-8-3-9-16-25)31-28(35)38-19-23-11-4-1-5-12-23/h1-9,11-16,26H,10,17-22H2,(H,31,35)/t26-/m0/s1. The van der Waals surface area contributed by atoms with Gasteiger partial charge in [-0.15, -0.1) is 0 Å². The topological polar surface area (TPSA) is 124 Å². The molecule has 214 valence electrons. The number of nitrogens with one attached hydrogen (secondary N) is 1. The van der Waals surface area contributed by atoms with Crippen LogP contribution >= 0.6 is 0 Å². The molecule has 1 fully saturated rings. The Bertz CT molecular complexity index is 1290. The third kappa shape index (κ3) is 8.99. The van der Waals surface area contributed by atoms with Crippen LogP contribution in [0.3, 0.4) is 0 Å². The second kappa shape index (κ2) is 14.9. The maximum Gasteiger partial charge on any atom is 0.429 e. The van der Waals surface area contributed by atoms with Crippen LogP contribution < -0.4 is 5.43 Å². The van der Waals surface area contributed by atoms with E-state index in [1.165, 1.54) is 4.90 Å². The van der Waals surface area contributed by atoms with Crippen LogP contribution in [0.5, 0.6) is 0 Å². The monoisotopic (exact) mass is 561 g/mol. The van der Waals surface area contributed by atoms with Gasteiger partial charge in [-0.05, 0) is 29.5 Å². The Morgan fingerprint density at radius 1 is 0.780 bits per heavy atom. The fourth-order valence-electron chi connectivity index (χ4n) is 4.00. The lowest BCUT2D eigenvalue weighted by atomic mass is 10.1. The Labute approximate surface area is 237 Å². The first kappa shape index (κ1) is 28.9. The Morgan fingerprint density at radius 2 is 1.29 bits per heavy atom. The SMILES string of the molecule is O=C(NN(CCC[C@H]1C(=O)OCN1C(=O)OCc1ccccc1)C(=O)OCc1ccccc1)OCc1ccccc1. The predicted molar refractivity (Wildman–Crippen MR) is 146 cm³/mol. The van der Waals surface area contributed by atoms with E-state index in [1.807, 2.05) is 66.7 Å². The Hall–Kier alpha value is -5.06. The molecule has 0 radical (unpaired) electrons. The van der Waals surface area contributed by atoms with Crippen LogP contribution in [-0.4, -0.2) is 53.5 Å². The average molecular weight is 562 g/mol. The molecule has 41 heavy (non-hydrogen) atoms. The minimum absolute atomic E-state index is 0.00704. The van der Waals surface area contributed by atoms with E-state index in [9.17, 15) is 19.2 Å². The first-order chi connectivity index (χ1) is 20.0. The molecule has 1 atom stereocenters. The minimum Gasteiger partial charge on any atom is -0.444 e. The van der Waals surface area contributed by atoms with Gasteiger partial charge in [-0.25, -0.2) is 29.6 Å². The van der Waals surface area contributed by atoms with E-state index in [-0.39, 0.29) is 45.9 Å². The number of esters is 1. The van der Waals surface area contributed by atoms with Crippen molar-refractivity contribution in [1.29, 1.82) is 0 Å². The molecule has 4 rings (SSSR count). The number of carbonyl (C=O) groups is 4. The van der Waals surface area contributed by atoms with Crippen LogP contribution in [-0.2, 0) is 43.6 Å². The molecule has 1 aliphatic rings. The van der Waals surface area contributed by atoms with Crippen LogP contribution in [0.1, 0.15) is 29.5 Å². The molecule has 1 heterocycles. The molecule has 3 aromatic carbocycles. The van der Waals surface area contributed by atoms with Crippen molar-refractivity contribution in [3.8, 4) is 0 Å². The molecule has 0 bridgehead atoms. The van der Waals surface area contributed by atoms with Gasteiger partial charge in [0.15, 0.2) is 6.73 Å². The zero-order chi connectivity index (χ0) is 28.9. The second-order valence-corrected chi connectivity index (χ2v) is 9.13. The molecular formula is C30H31N3O8. The maximum atomic E-state index is 12.9. The average Bonchev–Trinajstić information content (AvgIpc) is 3.38. The van der Waals surface area contributed by atoms with E-state index in [0.717, 1.165) is 21.7 Å². The van der Waals surface area contributed by atoms with Gasteiger partial charge >= 0.3 is 24.2 Å². The fraction of sp³-hybridized carbons (Fsp3) is 0.267. The molecule has 0 aromatic heterocycles.